The number of hydrogen-bond donors (Lipinski definition) is 1. The predicted molar refractivity (Wildman–Crippen MR) is 37.8 cm³/mol. The second-order valence-electron chi connectivity index (χ2n) is 1.87. The van der Waals surface area contributed by atoms with Crippen molar-refractivity contribution in [2.24, 2.45) is 0 Å². The summed E-state index contributed by atoms with van der Waals surface area (Å²) >= 11 is 5.34. The molecule has 2 nitrogen and oxygen atoms in total. The van der Waals surface area contributed by atoms with Gasteiger partial charge in [-0.1, -0.05) is 11.6 Å². The molecule has 0 aromatic heterocycles. The van der Waals surface area contributed by atoms with Gasteiger partial charge in [-0.05, 0) is 12.1 Å². The highest BCUT2D eigenvalue weighted by Crippen LogP contribution is 2.26. The second kappa shape index (κ2) is 2.77. The van der Waals surface area contributed by atoms with Crippen molar-refractivity contribution in [2.75, 3.05) is 0 Å². The molecule has 0 atom stereocenters. The summed E-state index contributed by atoms with van der Waals surface area (Å²) in [5.74, 6) is -1.50. The molecule has 1 aromatic carbocycles. The topological polar surface area (TPSA) is 44.0 Å². The molecule has 0 spiro atoms. The van der Waals surface area contributed by atoms with Crippen molar-refractivity contribution in [3.63, 3.8) is 0 Å². The Balaban J connectivity index is 3.40. The van der Waals surface area contributed by atoms with Gasteiger partial charge in [-0.3, -0.25) is 0 Å². The number of nitriles is 1. The molecule has 0 saturated carbocycles. The fourth-order valence-electron chi connectivity index (χ4n) is 0.626. The zero-order chi connectivity index (χ0) is 8.43. The molecule has 0 amide bonds. The van der Waals surface area contributed by atoms with Crippen LogP contribution in [0.5, 0.6) is 5.75 Å². The van der Waals surface area contributed by atoms with Crippen molar-refractivity contribution in [3.8, 4) is 11.8 Å². The Labute approximate surface area is 67.5 Å². The summed E-state index contributed by atoms with van der Waals surface area (Å²) in [5, 5.41) is 16.8. The van der Waals surface area contributed by atoms with Crippen molar-refractivity contribution in [1.82, 2.24) is 0 Å². The molecule has 1 rings (SSSR count). The molecule has 0 radical (unpaired) electrons. The number of aromatic hydroxyl groups is 1. The SMILES string of the molecule is N#Cc1ccc(O)c(F)c1Cl. The van der Waals surface area contributed by atoms with Gasteiger partial charge in [0.2, 0.25) is 0 Å². The van der Waals surface area contributed by atoms with Crippen molar-refractivity contribution in [1.29, 1.82) is 5.26 Å². The Morgan fingerprint density at radius 1 is 1.55 bits per heavy atom. The van der Waals surface area contributed by atoms with Crippen LogP contribution in [0.1, 0.15) is 5.56 Å². The van der Waals surface area contributed by atoms with Gasteiger partial charge in [-0.25, -0.2) is 4.39 Å². The molecule has 4 heteroatoms. The van der Waals surface area contributed by atoms with E-state index in [4.69, 9.17) is 22.0 Å². The van der Waals surface area contributed by atoms with Crippen molar-refractivity contribution in [3.05, 3.63) is 28.5 Å². The van der Waals surface area contributed by atoms with Crippen molar-refractivity contribution in [2.45, 2.75) is 0 Å². The average Bonchev–Trinajstić information content (AvgIpc) is 2.01. The van der Waals surface area contributed by atoms with Gasteiger partial charge in [0.1, 0.15) is 6.07 Å². The van der Waals surface area contributed by atoms with Crippen LogP contribution in [0.3, 0.4) is 0 Å². The van der Waals surface area contributed by atoms with E-state index in [0.717, 1.165) is 6.07 Å². The van der Waals surface area contributed by atoms with Gasteiger partial charge in [-0.2, -0.15) is 5.26 Å². The van der Waals surface area contributed by atoms with E-state index in [0.29, 0.717) is 0 Å². The largest absolute Gasteiger partial charge is 0.505 e. The first kappa shape index (κ1) is 7.83. The van der Waals surface area contributed by atoms with Crippen molar-refractivity contribution >= 4 is 11.6 Å². The lowest BCUT2D eigenvalue weighted by Gasteiger charge is -1.97. The zero-order valence-corrected chi connectivity index (χ0v) is 6.06. The highest BCUT2D eigenvalue weighted by molar-refractivity contribution is 6.32. The molecule has 0 aliphatic carbocycles. The van der Waals surface area contributed by atoms with Gasteiger partial charge in [-0.15, -0.1) is 0 Å². The molecule has 0 saturated heterocycles. The number of nitrogens with zero attached hydrogens (tertiary/aromatic N) is 1. The van der Waals surface area contributed by atoms with E-state index in [9.17, 15) is 4.39 Å². The molecule has 0 heterocycles. The van der Waals surface area contributed by atoms with Crippen LogP contribution in [0.25, 0.3) is 0 Å². The normalized spacial score (nSPS) is 9.18. The Kier molecular flexibility index (Phi) is 1.97. The molecule has 56 valence electrons. The van der Waals surface area contributed by atoms with Crippen LogP contribution >= 0.6 is 11.6 Å². The maximum atomic E-state index is 12.6. The summed E-state index contributed by atoms with van der Waals surface area (Å²) in [6.07, 6.45) is 0. The molecular formula is C7H3ClFNO. The standard InChI is InChI=1S/C7H3ClFNO/c8-6-4(3-10)1-2-5(11)7(6)9/h1-2,11H. The van der Waals surface area contributed by atoms with E-state index in [-0.39, 0.29) is 10.6 Å². The summed E-state index contributed by atoms with van der Waals surface area (Å²) < 4.78 is 12.6. The third kappa shape index (κ3) is 1.26. The maximum Gasteiger partial charge on any atom is 0.184 e. The van der Waals surface area contributed by atoms with E-state index in [1.165, 1.54) is 6.07 Å². The van der Waals surface area contributed by atoms with Crippen LogP contribution in [0.15, 0.2) is 12.1 Å². The summed E-state index contributed by atoms with van der Waals surface area (Å²) in [5.41, 5.74) is 0.0157. The quantitative estimate of drug-likeness (QED) is 0.649. The number of hydrogen-bond acceptors (Lipinski definition) is 2. The number of phenols is 1. The van der Waals surface area contributed by atoms with Crippen molar-refractivity contribution < 1.29 is 9.50 Å². The highest BCUT2D eigenvalue weighted by Gasteiger charge is 2.09. The summed E-state index contributed by atoms with van der Waals surface area (Å²) in [4.78, 5) is 0. The van der Waals surface area contributed by atoms with Gasteiger partial charge < -0.3 is 5.11 Å². The third-order valence-electron chi connectivity index (χ3n) is 1.18. The molecule has 1 N–H and O–H groups in total. The van der Waals surface area contributed by atoms with E-state index in [2.05, 4.69) is 0 Å². The minimum Gasteiger partial charge on any atom is -0.505 e. The van der Waals surface area contributed by atoms with Gasteiger partial charge in [0.25, 0.3) is 0 Å². The molecule has 0 unspecified atom stereocenters. The maximum absolute atomic E-state index is 12.6. The monoisotopic (exact) mass is 171 g/mol. The first-order valence-electron chi connectivity index (χ1n) is 2.74. The minimum atomic E-state index is -0.953. The minimum absolute atomic E-state index is 0.0157. The van der Waals surface area contributed by atoms with E-state index in [1.54, 1.807) is 6.07 Å². The summed E-state index contributed by atoms with van der Waals surface area (Å²) in [6, 6.07) is 4.01. The van der Waals surface area contributed by atoms with Crippen LogP contribution in [0, 0.1) is 17.1 Å². The number of halogens is 2. The van der Waals surface area contributed by atoms with Crippen LogP contribution < -0.4 is 0 Å². The predicted octanol–water partition coefficient (Wildman–Crippen LogP) is 2.06. The first-order valence-corrected chi connectivity index (χ1v) is 3.11. The second-order valence-corrected chi connectivity index (χ2v) is 2.25. The van der Waals surface area contributed by atoms with E-state index < -0.39 is 11.6 Å². The van der Waals surface area contributed by atoms with Gasteiger partial charge in [0.15, 0.2) is 11.6 Å². The van der Waals surface area contributed by atoms with E-state index >= 15 is 0 Å². The van der Waals surface area contributed by atoms with Gasteiger partial charge in [0, 0.05) is 0 Å². The van der Waals surface area contributed by atoms with Crippen LogP contribution in [0.4, 0.5) is 4.39 Å². The fraction of sp³-hybridized carbons (Fsp3) is 0. The van der Waals surface area contributed by atoms with Gasteiger partial charge in [0.05, 0.1) is 10.6 Å². The van der Waals surface area contributed by atoms with Crippen LogP contribution in [0.2, 0.25) is 5.02 Å². The fourth-order valence-corrected chi connectivity index (χ4v) is 0.828. The van der Waals surface area contributed by atoms with Crippen LogP contribution in [-0.4, -0.2) is 5.11 Å². The Bertz CT molecular complexity index is 332. The first-order chi connectivity index (χ1) is 5.16. The lowest BCUT2D eigenvalue weighted by Crippen LogP contribution is -1.82. The lowest BCUT2D eigenvalue weighted by molar-refractivity contribution is 0.432. The smallest absolute Gasteiger partial charge is 0.184 e. The molecule has 0 fully saturated rings. The Morgan fingerprint density at radius 3 is 2.73 bits per heavy atom. The molecule has 0 bridgehead atoms. The Morgan fingerprint density at radius 2 is 2.18 bits per heavy atom. The summed E-state index contributed by atoms with van der Waals surface area (Å²) in [6.45, 7) is 0. The summed E-state index contributed by atoms with van der Waals surface area (Å²) in [7, 11) is 0. The lowest BCUT2D eigenvalue weighted by atomic mass is 10.2. The third-order valence-corrected chi connectivity index (χ3v) is 1.55. The average molecular weight is 172 g/mol. The molecular weight excluding hydrogens is 169 g/mol. The number of rotatable bonds is 0. The molecule has 0 aliphatic heterocycles. The zero-order valence-electron chi connectivity index (χ0n) is 5.31. The number of phenolic OH excluding ortho intramolecular Hbond substituents is 1. The van der Waals surface area contributed by atoms with E-state index in [1.807, 2.05) is 0 Å². The number of benzene rings is 1. The Hall–Kier alpha value is -1.27. The van der Waals surface area contributed by atoms with Gasteiger partial charge >= 0.3 is 0 Å². The molecule has 11 heavy (non-hydrogen) atoms. The molecule has 0 aliphatic rings. The van der Waals surface area contributed by atoms with Crippen LogP contribution in [-0.2, 0) is 0 Å². The highest BCUT2D eigenvalue weighted by atomic mass is 35.5. The molecule has 1 aromatic rings.